The van der Waals surface area contributed by atoms with Crippen LogP contribution in [-0.2, 0) is 4.74 Å². The second-order valence-electron chi connectivity index (χ2n) is 5.61. The molecule has 1 unspecified atom stereocenters. The Morgan fingerprint density at radius 1 is 1.40 bits per heavy atom. The number of nitrogens with zero attached hydrogens (tertiary/aromatic N) is 1. The fourth-order valence-electron chi connectivity index (χ4n) is 2.73. The van der Waals surface area contributed by atoms with E-state index in [1.54, 1.807) is 0 Å². The summed E-state index contributed by atoms with van der Waals surface area (Å²) >= 11 is 0. The molecule has 2 atom stereocenters. The minimum atomic E-state index is -0.475. The number of para-hydroxylation sites is 1. The molecule has 1 saturated heterocycles. The Labute approximate surface area is 120 Å². The summed E-state index contributed by atoms with van der Waals surface area (Å²) in [6, 6.07) is 9.93. The average molecular weight is 271 g/mol. The van der Waals surface area contributed by atoms with E-state index in [4.69, 9.17) is 9.47 Å². The first-order valence-corrected chi connectivity index (χ1v) is 7.10. The van der Waals surface area contributed by atoms with Gasteiger partial charge in [0.2, 0.25) is 5.72 Å². The molecule has 0 spiro atoms. The van der Waals surface area contributed by atoms with Gasteiger partial charge in [0.15, 0.2) is 0 Å². The van der Waals surface area contributed by atoms with Crippen molar-refractivity contribution in [2.75, 3.05) is 13.2 Å². The van der Waals surface area contributed by atoms with Crippen LogP contribution in [0.25, 0.3) is 0 Å². The fourth-order valence-corrected chi connectivity index (χ4v) is 2.73. The number of hydrogen-bond donors (Lipinski definition) is 0. The van der Waals surface area contributed by atoms with Gasteiger partial charge in [-0.15, -0.1) is 0 Å². The molecule has 20 heavy (non-hydrogen) atoms. The van der Waals surface area contributed by atoms with E-state index in [0.29, 0.717) is 6.10 Å². The van der Waals surface area contributed by atoms with Gasteiger partial charge in [-0.2, -0.15) is 0 Å². The van der Waals surface area contributed by atoms with E-state index >= 15 is 0 Å². The van der Waals surface area contributed by atoms with E-state index in [2.05, 4.69) is 31.4 Å². The first kappa shape index (κ1) is 13.3. The molecule has 2 heterocycles. The predicted octanol–water partition coefficient (Wildman–Crippen LogP) is 3.35. The van der Waals surface area contributed by atoms with Crippen LogP contribution in [0.15, 0.2) is 54.3 Å². The maximum atomic E-state index is 6.27. The standard InChI is InChI=1S/C17H21NO2/c1-13-11-14(2)18(12-16-9-10-19-16)17(13,3)20-15-7-5-4-6-8-15/h4-8,11,16H,2,9-10,12H2,1,3H3/t16-,17?/m0/s1. The molecule has 0 saturated carbocycles. The summed E-state index contributed by atoms with van der Waals surface area (Å²) in [5.74, 6) is 0.872. The zero-order valence-electron chi connectivity index (χ0n) is 12.1. The van der Waals surface area contributed by atoms with Crippen molar-refractivity contribution in [2.45, 2.75) is 32.1 Å². The fraction of sp³-hybridized carbons (Fsp3) is 0.412. The molecular formula is C17H21NO2. The van der Waals surface area contributed by atoms with E-state index in [-0.39, 0.29) is 0 Å². The molecule has 1 aromatic carbocycles. The molecule has 1 aromatic rings. The Balaban J connectivity index is 1.82. The molecule has 1 fully saturated rings. The van der Waals surface area contributed by atoms with Gasteiger partial charge >= 0.3 is 0 Å². The molecule has 0 radical (unpaired) electrons. The van der Waals surface area contributed by atoms with Crippen LogP contribution in [0.4, 0.5) is 0 Å². The summed E-state index contributed by atoms with van der Waals surface area (Å²) in [6.07, 6.45) is 3.51. The smallest absolute Gasteiger partial charge is 0.202 e. The topological polar surface area (TPSA) is 21.7 Å². The molecule has 3 heteroatoms. The minimum absolute atomic E-state index is 0.296. The summed E-state index contributed by atoms with van der Waals surface area (Å²) in [4.78, 5) is 2.21. The highest BCUT2D eigenvalue weighted by Crippen LogP contribution is 2.38. The number of benzene rings is 1. The lowest BCUT2D eigenvalue weighted by atomic mass is 10.1. The Morgan fingerprint density at radius 3 is 2.70 bits per heavy atom. The van der Waals surface area contributed by atoms with Crippen molar-refractivity contribution in [1.82, 2.24) is 4.90 Å². The first-order valence-electron chi connectivity index (χ1n) is 7.10. The SMILES string of the molecule is C=C1C=C(C)C(C)(Oc2ccccc2)N1C[C@@H]1CCO1. The first-order chi connectivity index (χ1) is 9.59. The van der Waals surface area contributed by atoms with Crippen molar-refractivity contribution in [3.05, 3.63) is 54.3 Å². The second kappa shape index (κ2) is 4.98. The normalized spacial score (nSPS) is 29.1. The van der Waals surface area contributed by atoms with Crippen LogP contribution in [0.1, 0.15) is 20.3 Å². The highest BCUT2D eigenvalue weighted by Gasteiger charge is 2.42. The van der Waals surface area contributed by atoms with Crippen LogP contribution in [-0.4, -0.2) is 29.9 Å². The number of hydrogen-bond acceptors (Lipinski definition) is 3. The van der Waals surface area contributed by atoms with E-state index in [1.165, 1.54) is 5.57 Å². The number of rotatable bonds is 4. The molecule has 106 valence electrons. The van der Waals surface area contributed by atoms with Gasteiger partial charge in [-0.3, -0.25) is 0 Å². The Hall–Kier alpha value is -1.74. The van der Waals surface area contributed by atoms with Crippen LogP contribution in [0, 0.1) is 0 Å². The van der Waals surface area contributed by atoms with Crippen molar-refractivity contribution in [3.63, 3.8) is 0 Å². The third kappa shape index (κ3) is 2.22. The van der Waals surface area contributed by atoms with Gasteiger partial charge in [0, 0.05) is 18.8 Å². The zero-order chi connectivity index (χ0) is 14.2. The van der Waals surface area contributed by atoms with Crippen LogP contribution >= 0.6 is 0 Å². The second-order valence-corrected chi connectivity index (χ2v) is 5.61. The van der Waals surface area contributed by atoms with Crippen molar-refractivity contribution in [3.8, 4) is 5.75 Å². The molecule has 0 aromatic heterocycles. The van der Waals surface area contributed by atoms with Crippen LogP contribution < -0.4 is 4.74 Å². The lowest BCUT2D eigenvalue weighted by Gasteiger charge is -2.42. The van der Waals surface area contributed by atoms with E-state index < -0.39 is 5.72 Å². The molecule has 3 rings (SSSR count). The third-order valence-electron chi connectivity index (χ3n) is 4.22. The van der Waals surface area contributed by atoms with E-state index in [0.717, 1.165) is 31.0 Å². The lowest BCUT2D eigenvalue weighted by molar-refractivity contribution is -0.0944. The summed E-state index contributed by atoms with van der Waals surface area (Å²) in [5.41, 5.74) is 1.69. The minimum Gasteiger partial charge on any atom is -0.464 e. The van der Waals surface area contributed by atoms with Crippen LogP contribution in [0.5, 0.6) is 5.75 Å². The summed E-state index contributed by atoms with van der Waals surface area (Å²) < 4.78 is 11.8. The molecule has 0 bridgehead atoms. The molecule has 0 N–H and O–H groups in total. The Kier molecular flexibility index (Phi) is 3.30. The summed E-state index contributed by atoms with van der Waals surface area (Å²) in [5, 5.41) is 0. The van der Waals surface area contributed by atoms with Gasteiger partial charge < -0.3 is 14.4 Å². The van der Waals surface area contributed by atoms with Gasteiger partial charge in [-0.05, 0) is 44.1 Å². The quantitative estimate of drug-likeness (QED) is 0.838. The van der Waals surface area contributed by atoms with Gasteiger partial charge in [0.25, 0.3) is 0 Å². The molecule has 3 nitrogen and oxygen atoms in total. The molecule has 2 aliphatic heterocycles. The van der Waals surface area contributed by atoms with E-state index in [1.807, 2.05) is 30.3 Å². The van der Waals surface area contributed by atoms with Gasteiger partial charge in [0.05, 0.1) is 6.10 Å². The predicted molar refractivity (Wildman–Crippen MR) is 79.4 cm³/mol. The van der Waals surface area contributed by atoms with Crippen molar-refractivity contribution >= 4 is 0 Å². The van der Waals surface area contributed by atoms with Gasteiger partial charge in [-0.1, -0.05) is 24.8 Å². The highest BCUT2D eigenvalue weighted by atomic mass is 16.5. The van der Waals surface area contributed by atoms with Gasteiger partial charge in [0.1, 0.15) is 5.75 Å². The Morgan fingerprint density at radius 2 is 2.10 bits per heavy atom. The van der Waals surface area contributed by atoms with Crippen LogP contribution in [0.2, 0.25) is 0 Å². The van der Waals surface area contributed by atoms with Crippen LogP contribution in [0.3, 0.4) is 0 Å². The molecule has 0 amide bonds. The lowest BCUT2D eigenvalue weighted by Crippen LogP contribution is -2.52. The van der Waals surface area contributed by atoms with Crippen molar-refractivity contribution < 1.29 is 9.47 Å². The average Bonchev–Trinajstić information content (AvgIpc) is 2.57. The van der Waals surface area contributed by atoms with Gasteiger partial charge in [-0.25, -0.2) is 0 Å². The third-order valence-corrected chi connectivity index (χ3v) is 4.22. The molecular weight excluding hydrogens is 250 g/mol. The zero-order valence-corrected chi connectivity index (χ0v) is 12.1. The highest BCUT2D eigenvalue weighted by molar-refractivity contribution is 5.36. The maximum absolute atomic E-state index is 6.27. The summed E-state index contributed by atoms with van der Waals surface area (Å²) in [6.45, 7) is 10.0. The number of ether oxygens (including phenoxy) is 2. The Bertz CT molecular complexity index is 533. The molecule has 0 aliphatic carbocycles. The summed E-state index contributed by atoms with van der Waals surface area (Å²) in [7, 11) is 0. The van der Waals surface area contributed by atoms with E-state index in [9.17, 15) is 0 Å². The monoisotopic (exact) mass is 271 g/mol. The maximum Gasteiger partial charge on any atom is 0.202 e. The molecule has 2 aliphatic rings. The van der Waals surface area contributed by atoms with Crippen molar-refractivity contribution in [1.29, 1.82) is 0 Å². The number of allylic oxidation sites excluding steroid dienone is 1. The van der Waals surface area contributed by atoms with Crippen molar-refractivity contribution in [2.24, 2.45) is 0 Å². The largest absolute Gasteiger partial charge is 0.464 e.